The lowest BCUT2D eigenvalue weighted by molar-refractivity contribution is -0.118. The number of amides is 1. The zero-order chi connectivity index (χ0) is 19.1. The summed E-state index contributed by atoms with van der Waals surface area (Å²) in [5.74, 6) is 0.821. The number of aryl methyl sites for hydroxylation is 1. The fourth-order valence-corrected chi connectivity index (χ4v) is 3.22. The minimum absolute atomic E-state index is 0.0817. The Hall–Kier alpha value is -2.57. The van der Waals surface area contributed by atoms with E-state index in [1.54, 1.807) is 6.07 Å². The highest BCUT2D eigenvalue weighted by Crippen LogP contribution is 2.15. The summed E-state index contributed by atoms with van der Waals surface area (Å²) in [5.41, 5.74) is 3.28. The van der Waals surface area contributed by atoms with E-state index in [-0.39, 0.29) is 11.7 Å². The zero-order valence-electron chi connectivity index (χ0n) is 14.8. The molecular formula is C20H19ClN4OS. The molecule has 0 saturated carbocycles. The minimum atomic E-state index is -0.0817. The molecule has 0 radical (unpaired) electrons. The van der Waals surface area contributed by atoms with Crippen molar-refractivity contribution in [3.8, 4) is 0 Å². The second-order valence-corrected chi connectivity index (χ2v) is 7.27. The molecular weight excluding hydrogens is 380 g/mol. The first-order valence-electron chi connectivity index (χ1n) is 8.40. The summed E-state index contributed by atoms with van der Waals surface area (Å²) in [5, 5.41) is 11.1. The number of nitrogens with one attached hydrogen (secondary N) is 2. The number of nitrogens with zero attached hydrogens (tertiary/aromatic N) is 2. The molecule has 0 aliphatic heterocycles. The molecule has 0 aliphatic carbocycles. The normalized spacial score (nSPS) is 11.0. The van der Waals surface area contributed by atoms with Gasteiger partial charge in [-0.25, -0.2) is 4.98 Å². The standard InChI is InChI=1S/C20H19ClN4OS/c1-14-5-2-3-7-16(14)9-10-18-23-20(25-24-18)27-13-19(26)22-12-15-6-4-8-17(21)11-15/h2-11H,12-13H2,1H3,(H,22,26)(H,23,24,25)/b10-9+. The number of carbonyl (C=O) groups excluding carboxylic acids is 1. The van der Waals surface area contributed by atoms with Crippen LogP contribution in [0, 0.1) is 6.92 Å². The summed E-state index contributed by atoms with van der Waals surface area (Å²) in [6.45, 7) is 2.50. The van der Waals surface area contributed by atoms with Gasteiger partial charge in [0, 0.05) is 11.6 Å². The molecule has 0 saturated heterocycles. The molecule has 0 fully saturated rings. The van der Waals surface area contributed by atoms with Crippen molar-refractivity contribution in [2.75, 3.05) is 5.75 Å². The highest BCUT2D eigenvalue weighted by molar-refractivity contribution is 7.99. The number of H-pyrrole nitrogens is 1. The number of aromatic amines is 1. The first-order chi connectivity index (χ1) is 13.1. The van der Waals surface area contributed by atoms with Crippen molar-refractivity contribution in [3.63, 3.8) is 0 Å². The molecule has 0 bridgehead atoms. The van der Waals surface area contributed by atoms with E-state index >= 15 is 0 Å². The van der Waals surface area contributed by atoms with Gasteiger partial charge in [-0.3, -0.25) is 9.89 Å². The van der Waals surface area contributed by atoms with Gasteiger partial charge >= 0.3 is 0 Å². The first kappa shape index (κ1) is 19.2. The van der Waals surface area contributed by atoms with Crippen molar-refractivity contribution in [2.45, 2.75) is 18.6 Å². The van der Waals surface area contributed by atoms with Crippen molar-refractivity contribution < 1.29 is 4.79 Å². The second kappa shape index (κ2) is 9.39. The summed E-state index contributed by atoms with van der Waals surface area (Å²) in [4.78, 5) is 16.4. The van der Waals surface area contributed by atoms with Crippen LogP contribution in [0.25, 0.3) is 12.2 Å². The van der Waals surface area contributed by atoms with Gasteiger partial charge in [0.15, 0.2) is 0 Å². The highest BCUT2D eigenvalue weighted by Gasteiger charge is 2.07. The summed E-state index contributed by atoms with van der Waals surface area (Å²) in [6.07, 6.45) is 3.86. The number of rotatable bonds is 7. The van der Waals surface area contributed by atoms with Crippen LogP contribution in [0.4, 0.5) is 0 Å². The quantitative estimate of drug-likeness (QED) is 0.580. The third kappa shape index (κ3) is 5.98. The number of hydrogen-bond donors (Lipinski definition) is 2. The SMILES string of the molecule is Cc1ccccc1/C=C/c1nc(SCC(=O)NCc2cccc(Cl)c2)n[nH]1. The average Bonchev–Trinajstić information content (AvgIpc) is 3.12. The Morgan fingerprint density at radius 2 is 2.07 bits per heavy atom. The molecule has 5 nitrogen and oxygen atoms in total. The van der Waals surface area contributed by atoms with Crippen LogP contribution in [0.3, 0.4) is 0 Å². The van der Waals surface area contributed by atoms with E-state index < -0.39 is 0 Å². The largest absolute Gasteiger partial charge is 0.351 e. The molecule has 27 heavy (non-hydrogen) atoms. The van der Waals surface area contributed by atoms with Gasteiger partial charge in [-0.15, -0.1) is 5.10 Å². The molecule has 0 spiro atoms. The van der Waals surface area contributed by atoms with Gasteiger partial charge in [0.25, 0.3) is 0 Å². The summed E-state index contributed by atoms with van der Waals surface area (Å²) < 4.78 is 0. The van der Waals surface area contributed by atoms with Crippen LogP contribution < -0.4 is 5.32 Å². The molecule has 1 amide bonds. The van der Waals surface area contributed by atoms with Crippen LogP contribution in [0.15, 0.2) is 53.7 Å². The first-order valence-corrected chi connectivity index (χ1v) is 9.76. The van der Waals surface area contributed by atoms with Gasteiger partial charge in [0.1, 0.15) is 5.82 Å². The molecule has 2 aromatic carbocycles. The third-order valence-electron chi connectivity index (χ3n) is 3.80. The van der Waals surface area contributed by atoms with Crippen LogP contribution in [0.1, 0.15) is 22.5 Å². The lowest BCUT2D eigenvalue weighted by Crippen LogP contribution is -2.24. The van der Waals surface area contributed by atoms with Gasteiger partial charge in [-0.2, -0.15) is 0 Å². The second-order valence-electron chi connectivity index (χ2n) is 5.89. The van der Waals surface area contributed by atoms with Gasteiger partial charge < -0.3 is 5.32 Å². The number of hydrogen-bond acceptors (Lipinski definition) is 4. The molecule has 2 N–H and O–H groups in total. The molecule has 3 aromatic rings. The third-order valence-corrected chi connectivity index (χ3v) is 4.88. The van der Waals surface area contributed by atoms with Crippen LogP contribution in [-0.2, 0) is 11.3 Å². The maximum atomic E-state index is 12.0. The van der Waals surface area contributed by atoms with Crippen LogP contribution >= 0.6 is 23.4 Å². The van der Waals surface area contributed by atoms with E-state index in [9.17, 15) is 4.79 Å². The average molecular weight is 399 g/mol. The summed E-state index contributed by atoms with van der Waals surface area (Å²) in [6, 6.07) is 15.5. The number of thioether (sulfide) groups is 1. The Balaban J connectivity index is 1.47. The van der Waals surface area contributed by atoms with Gasteiger partial charge in [-0.1, -0.05) is 65.8 Å². The van der Waals surface area contributed by atoms with Gasteiger partial charge in [0.2, 0.25) is 11.1 Å². The van der Waals surface area contributed by atoms with Crippen molar-refractivity contribution in [1.29, 1.82) is 0 Å². The van der Waals surface area contributed by atoms with Crippen LogP contribution in [0.5, 0.6) is 0 Å². The van der Waals surface area contributed by atoms with E-state index in [1.807, 2.05) is 48.6 Å². The van der Waals surface area contributed by atoms with Crippen molar-refractivity contribution in [2.24, 2.45) is 0 Å². The fraction of sp³-hybridized carbons (Fsp3) is 0.150. The van der Waals surface area contributed by atoms with E-state index in [2.05, 4.69) is 33.5 Å². The smallest absolute Gasteiger partial charge is 0.230 e. The Morgan fingerprint density at radius 3 is 2.89 bits per heavy atom. The maximum Gasteiger partial charge on any atom is 0.230 e. The number of aromatic nitrogens is 3. The fourth-order valence-electron chi connectivity index (χ4n) is 2.37. The van der Waals surface area contributed by atoms with E-state index in [1.165, 1.54) is 17.3 Å². The molecule has 0 aliphatic rings. The lowest BCUT2D eigenvalue weighted by atomic mass is 10.1. The topological polar surface area (TPSA) is 70.7 Å². The van der Waals surface area contributed by atoms with E-state index in [4.69, 9.17) is 11.6 Å². The Kier molecular flexibility index (Phi) is 6.68. The maximum absolute atomic E-state index is 12.0. The van der Waals surface area contributed by atoms with E-state index in [0.717, 1.165) is 11.1 Å². The molecule has 0 atom stereocenters. The summed E-state index contributed by atoms with van der Waals surface area (Å²) in [7, 11) is 0. The number of halogens is 1. The van der Waals surface area contributed by atoms with Crippen LogP contribution in [0.2, 0.25) is 5.02 Å². The van der Waals surface area contributed by atoms with Gasteiger partial charge in [0.05, 0.1) is 5.75 Å². The summed E-state index contributed by atoms with van der Waals surface area (Å²) >= 11 is 7.22. The lowest BCUT2D eigenvalue weighted by Gasteiger charge is -2.04. The predicted octanol–water partition coefficient (Wildman–Crippen LogP) is 4.35. The molecule has 7 heteroatoms. The monoisotopic (exact) mass is 398 g/mol. The van der Waals surface area contributed by atoms with E-state index in [0.29, 0.717) is 22.5 Å². The van der Waals surface area contributed by atoms with Gasteiger partial charge in [-0.05, 0) is 41.8 Å². The van der Waals surface area contributed by atoms with Crippen molar-refractivity contribution in [3.05, 3.63) is 76.1 Å². The molecule has 138 valence electrons. The van der Waals surface area contributed by atoms with Crippen LogP contribution in [-0.4, -0.2) is 26.8 Å². The molecule has 0 unspecified atom stereocenters. The number of benzene rings is 2. The van der Waals surface area contributed by atoms with Crippen molar-refractivity contribution >= 4 is 41.4 Å². The highest BCUT2D eigenvalue weighted by atomic mass is 35.5. The number of carbonyl (C=O) groups is 1. The molecule has 1 heterocycles. The Bertz CT molecular complexity index is 954. The predicted molar refractivity (Wildman–Crippen MR) is 111 cm³/mol. The Morgan fingerprint density at radius 1 is 1.22 bits per heavy atom. The zero-order valence-corrected chi connectivity index (χ0v) is 16.3. The molecule has 1 aromatic heterocycles. The Labute approximate surface area is 167 Å². The molecule has 3 rings (SSSR count). The van der Waals surface area contributed by atoms with Crippen molar-refractivity contribution in [1.82, 2.24) is 20.5 Å². The minimum Gasteiger partial charge on any atom is -0.351 e.